The monoisotopic (exact) mass is 304 g/mol. The van der Waals surface area contributed by atoms with Crippen LogP contribution in [0, 0.1) is 0 Å². The Morgan fingerprint density at radius 1 is 0.957 bits per heavy atom. The van der Waals surface area contributed by atoms with Crippen LogP contribution in [0.15, 0.2) is 66.7 Å². The molecule has 0 N–H and O–H groups in total. The van der Waals surface area contributed by atoms with E-state index >= 15 is 0 Å². The highest BCUT2D eigenvalue weighted by Crippen LogP contribution is 2.34. The van der Waals surface area contributed by atoms with Crippen LogP contribution in [-0.4, -0.2) is 12.9 Å². The Balaban J connectivity index is 2.16. The van der Waals surface area contributed by atoms with Crippen molar-refractivity contribution in [3.8, 4) is 5.75 Å². The molecule has 1 atom stereocenters. The zero-order valence-electron chi connectivity index (χ0n) is 13.5. The lowest BCUT2D eigenvalue weighted by Gasteiger charge is -2.18. The molecule has 0 radical (unpaired) electrons. The van der Waals surface area contributed by atoms with Gasteiger partial charge in [-0.25, -0.2) is 0 Å². The molecule has 23 heavy (non-hydrogen) atoms. The minimum absolute atomic E-state index is 0.118. The van der Waals surface area contributed by atoms with Gasteiger partial charge in [-0.2, -0.15) is 0 Å². The summed E-state index contributed by atoms with van der Waals surface area (Å²) in [6, 6.07) is 21.8. The van der Waals surface area contributed by atoms with E-state index < -0.39 is 0 Å². The maximum atomic E-state index is 13.3. The molecule has 0 fully saturated rings. The van der Waals surface area contributed by atoms with Gasteiger partial charge in [-0.15, -0.1) is 0 Å². The van der Waals surface area contributed by atoms with E-state index in [2.05, 4.69) is 0 Å². The van der Waals surface area contributed by atoms with Gasteiger partial charge in [-0.3, -0.25) is 4.79 Å². The van der Waals surface area contributed by atoms with E-state index in [1.54, 1.807) is 7.11 Å². The third kappa shape index (κ3) is 2.85. The van der Waals surface area contributed by atoms with Crippen LogP contribution >= 0.6 is 0 Å². The first-order chi connectivity index (χ1) is 11.3. The molecule has 3 aromatic carbocycles. The second kappa shape index (κ2) is 6.66. The highest BCUT2D eigenvalue weighted by molar-refractivity contribution is 6.13. The summed E-state index contributed by atoms with van der Waals surface area (Å²) >= 11 is 0. The first-order valence-corrected chi connectivity index (χ1v) is 7.91. The second-order valence-corrected chi connectivity index (χ2v) is 5.60. The summed E-state index contributed by atoms with van der Waals surface area (Å²) < 4.78 is 5.48. The van der Waals surface area contributed by atoms with E-state index in [4.69, 9.17) is 4.74 Å². The molecule has 0 saturated heterocycles. The molecule has 0 aromatic heterocycles. The molecule has 3 aromatic rings. The van der Waals surface area contributed by atoms with Crippen LogP contribution < -0.4 is 4.74 Å². The molecule has 0 aliphatic rings. The van der Waals surface area contributed by atoms with Gasteiger partial charge in [0.15, 0.2) is 5.78 Å². The van der Waals surface area contributed by atoms with Crippen LogP contribution in [0.5, 0.6) is 5.75 Å². The average Bonchev–Trinajstić information content (AvgIpc) is 2.62. The SMILES string of the molecule is CCC(C(=O)c1c(OC)ccc2ccccc12)c1ccccc1. The number of fused-ring (bicyclic) bond motifs is 1. The van der Waals surface area contributed by atoms with Gasteiger partial charge in [0.2, 0.25) is 0 Å². The van der Waals surface area contributed by atoms with Crippen molar-refractivity contribution in [1.29, 1.82) is 0 Å². The maximum Gasteiger partial charge on any atom is 0.174 e. The lowest BCUT2D eigenvalue weighted by molar-refractivity contribution is 0.0956. The summed E-state index contributed by atoms with van der Waals surface area (Å²) in [5.74, 6) is 0.603. The number of methoxy groups -OCH3 is 1. The van der Waals surface area contributed by atoms with Crippen LogP contribution in [-0.2, 0) is 0 Å². The predicted octanol–water partition coefficient (Wildman–Crippen LogP) is 5.22. The molecule has 0 aliphatic carbocycles. The molecule has 0 aliphatic heterocycles. The number of carbonyl (C=O) groups is 1. The minimum atomic E-state index is -0.157. The third-order valence-electron chi connectivity index (χ3n) is 4.28. The first kappa shape index (κ1) is 15.3. The van der Waals surface area contributed by atoms with Crippen molar-refractivity contribution in [2.75, 3.05) is 7.11 Å². The standard InChI is InChI=1S/C21H20O2/c1-3-17(15-9-5-4-6-10-15)21(22)20-18-12-8-7-11-16(18)13-14-19(20)23-2/h4-14,17H,3H2,1-2H3. The van der Waals surface area contributed by atoms with Gasteiger partial charge in [0.05, 0.1) is 12.7 Å². The fourth-order valence-electron chi connectivity index (χ4n) is 3.11. The third-order valence-corrected chi connectivity index (χ3v) is 4.28. The fraction of sp³-hybridized carbons (Fsp3) is 0.190. The minimum Gasteiger partial charge on any atom is -0.496 e. The van der Waals surface area contributed by atoms with E-state index in [1.165, 1.54) is 0 Å². The molecule has 0 amide bonds. The quantitative estimate of drug-likeness (QED) is 0.604. The van der Waals surface area contributed by atoms with Crippen LogP contribution in [0.25, 0.3) is 10.8 Å². The van der Waals surface area contributed by atoms with Crippen molar-refractivity contribution in [3.63, 3.8) is 0 Å². The van der Waals surface area contributed by atoms with Crippen molar-refractivity contribution in [2.24, 2.45) is 0 Å². The number of benzene rings is 3. The first-order valence-electron chi connectivity index (χ1n) is 7.91. The lowest BCUT2D eigenvalue weighted by atomic mass is 9.86. The van der Waals surface area contributed by atoms with Crippen LogP contribution in [0.1, 0.15) is 35.2 Å². The lowest BCUT2D eigenvalue weighted by Crippen LogP contribution is -2.14. The van der Waals surface area contributed by atoms with Gasteiger partial charge >= 0.3 is 0 Å². The van der Waals surface area contributed by atoms with E-state index in [-0.39, 0.29) is 11.7 Å². The van der Waals surface area contributed by atoms with Crippen molar-refractivity contribution >= 4 is 16.6 Å². The van der Waals surface area contributed by atoms with Gasteiger partial charge in [0.25, 0.3) is 0 Å². The number of hydrogen-bond acceptors (Lipinski definition) is 2. The van der Waals surface area contributed by atoms with Gasteiger partial charge in [-0.05, 0) is 28.8 Å². The van der Waals surface area contributed by atoms with Crippen LogP contribution in [0.3, 0.4) is 0 Å². The normalized spacial score (nSPS) is 12.1. The second-order valence-electron chi connectivity index (χ2n) is 5.60. The molecular weight excluding hydrogens is 284 g/mol. The summed E-state index contributed by atoms with van der Waals surface area (Å²) in [6.45, 7) is 2.05. The van der Waals surface area contributed by atoms with Crippen molar-refractivity contribution in [2.45, 2.75) is 19.3 Å². The molecule has 0 heterocycles. The Labute approximate surface area is 136 Å². The van der Waals surface area contributed by atoms with E-state index in [1.807, 2.05) is 73.7 Å². The van der Waals surface area contributed by atoms with Gasteiger partial charge < -0.3 is 4.74 Å². The largest absolute Gasteiger partial charge is 0.496 e. The maximum absolute atomic E-state index is 13.3. The molecule has 1 unspecified atom stereocenters. The Bertz CT molecular complexity index is 822. The Kier molecular flexibility index (Phi) is 4.42. The summed E-state index contributed by atoms with van der Waals surface area (Å²) in [5.41, 5.74) is 1.73. The molecule has 116 valence electrons. The Morgan fingerprint density at radius 3 is 2.35 bits per heavy atom. The van der Waals surface area contributed by atoms with Crippen molar-refractivity contribution in [1.82, 2.24) is 0 Å². The number of ether oxygens (including phenoxy) is 1. The summed E-state index contributed by atoms with van der Waals surface area (Å²) in [4.78, 5) is 13.3. The molecule has 2 nitrogen and oxygen atoms in total. The molecular formula is C21H20O2. The van der Waals surface area contributed by atoms with Gasteiger partial charge in [-0.1, -0.05) is 67.6 Å². The zero-order chi connectivity index (χ0) is 16.2. The van der Waals surface area contributed by atoms with E-state index in [0.29, 0.717) is 11.3 Å². The molecule has 0 spiro atoms. The number of Topliss-reactive ketones (excluding diaryl/α,β-unsaturated/α-hetero) is 1. The van der Waals surface area contributed by atoms with Crippen LogP contribution in [0.2, 0.25) is 0 Å². The topological polar surface area (TPSA) is 26.3 Å². The zero-order valence-corrected chi connectivity index (χ0v) is 13.5. The molecule has 2 heteroatoms. The van der Waals surface area contributed by atoms with Crippen molar-refractivity contribution in [3.05, 3.63) is 77.9 Å². The predicted molar refractivity (Wildman–Crippen MR) is 94.3 cm³/mol. The summed E-state index contributed by atoms with van der Waals surface area (Å²) in [5, 5.41) is 2.01. The Morgan fingerprint density at radius 2 is 1.65 bits per heavy atom. The van der Waals surface area contributed by atoms with Crippen LogP contribution in [0.4, 0.5) is 0 Å². The van der Waals surface area contributed by atoms with Crippen molar-refractivity contribution < 1.29 is 9.53 Å². The van der Waals surface area contributed by atoms with Gasteiger partial charge in [0.1, 0.15) is 5.75 Å². The van der Waals surface area contributed by atoms with E-state index in [0.717, 1.165) is 22.8 Å². The number of hydrogen-bond donors (Lipinski definition) is 0. The Hall–Kier alpha value is -2.61. The van der Waals surface area contributed by atoms with Gasteiger partial charge in [0, 0.05) is 5.92 Å². The number of carbonyl (C=O) groups excluding carboxylic acids is 1. The summed E-state index contributed by atoms with van der Waals surface area (Å²) in [7, 11) is 1.62. The number of rotatable bonds is 5. The smallest absolute Gasteiger partial charge is 0.174 e. The highest BCUT2D eigenvalue weighted by Gasteiger charge is 2.25. The molecule has 3 rings (SSSR count). The summed E-state index contributed by atoms with van der Waals surface area (Å²) in [6.07, 6.45) is 0.759. The average molecular weight is 304 g/mol. The fourth-order valence-corrected chi connectivity index (χ4v) is 3.11. The molecule has 0 bridgehead atoms. The number of ketones is 1. The highest BCUT2D eigenvalue weighted by atomic mass is 16.5. The van der Waals surface area contributed by atoms with E-state index in [9.17, 15) is 4.79 Å². The molecule has 0 saturated carbocycles.